The molecular formula is C11H23NO3. The van der Waals surface area contributed by atoms with Crippen LogP contribution < -0.4 is 0 Å². The fourth-order valence-corrected chi connectivity index (χ4v) is 1.54. The van der Waals surface area contributed by atoms with E-state index in [1.807, 2.05) is 0 Å². The summed E-state index contributed by atoms with van der Waals surface area (Å²) in [5, 5.41) is 8.41. The van der Waals surface area contributed by atoms with Crippen LogP contribution in [0.15, 0.2) is 0 Å². The van der Waals surface area contributed by atoms with Crippen LogP contribution in [0.5, 0.6) is 0 Å². The highest BCUT2D eigenvalue weighted by Gasteiger charge is 2.12. The lowest BCUT2D eigenvalue weighted by molar-refractivity contribution is -0.138. The maximum Gasteiger partial charge on any atom is 0.305 e. The number of rotatable bonds is 8. The fraction of sp³-hybridized carbons (Fsp3) is 0.909. The molecule has 4 heteroatoms. The molecule has 0 fully saturated rings. The van der Waals surface area contributed by atoms with Crippen LogP contribution in [0.4, 0.5) is 0 Å². The van der Waals surface area contributed by atoms with Crippen molar-refractivity contribution in [3.8, 4) is 0 Å². The van der Waals surface area contributed by atoms with Gasteiger partial charge < -0.3 is 9.84 Å². The lowest BCUT2D eigenvalue weighted by Crippen LogP contribution is -2.39. The van der Waals surface area contributed by atoms with E-state index in [1.54, 1.807) is 0 Å². The molecule has 0 aliphatic heterocycles. The van der Waals surface area contributed by atoms with Gasteiger partial charge in [0, 0.05) is 18.6 Å². The number of carboxylic acids is 1. The summed E-state index contributed by atoms with van der Waals surface area (Å²) < 4.78 is 5.25. The maximum atomic E-state index is 10.2. The molecule has 0 aromatic rings. The van der Waals surface area contributed by atoms with Crippen molar-refractivity contribution in [1.29, 1.82) is 0 Å². The molecule has 0 saturated carbocycles. The van der Waals surface area contributed by atoms with Gasteiger partial charge in [0.2, 0.25) is 0 Å². The molecule has 0 aliphatic carbocycles. The zero-order chi connectivity index (χ0) is 11.8. The van der Waals surface area contributed by atoms with Crippen molar-refractivity contribution in [3.63, 3.8) is 0 Å². The van der Waals surface area contributed by atoms with Gasteiger partial charge in [0.05, 0.1) is 19.6 Å². The van der Waals surface area contributed by atoms with E-state index in [2.05, 4.69) is 32.6 Å². The number of hydrogen-bond acceptors (Lipinski definition) is 3. The Morgan fingerprint density at radius 1 is 1.20 bits per heavy atom. The van der Waals surface area contributed by atoms with Crippen molar-refractivity contribution in [1.82, 2.24) is 4.90 Å². The Morgan fingerprint density at radius 2 is 1.73 bits per heavy atom. The normalized spacial score (nSPS) is 11.7. The predicted octanol–water partition coefficient (Wildman–Crippen LogP) is 1.60. The summed E-state index contributed by atoms with van der Waals surface area (Å²) in [4.78, 5) is 12.5. The standard InChI is InChI=1S/C11H23NO3/c1-9(2)12(10(3)4)6-8-15-7-5-11(13)14/h9-10H,5-8H2,1-4H3,(H,13,14). The molecule has 0 bridgehead atoms. The average Bonchev–Trinajstić information content (AvgIpc) is 2.08. The molecule has 90 valence electrons. The smallest absolute Gasteiger partial charge is 0.305 e. The van der Waals surface area contributed by atoms with Gasteiger partial charge in [-0.15, -0.1) is 0 Å². The monoisotopic (exact) mass is 217 g/mol. The van der Waals surface area contributed by atoms with Gasteiger partial charge in [-0.1, -0.05) is 0 Å². The highest BCUT2D eigenvalue weighted by Crippen LogP contribution is 2.03. The largest absolute Gasteiger partial charge is 0.481 e. The third-order valence-electron chi connectivity index (χ3n) is 2.28. The Hall–Kier alpha value is -0.610. The molecule has 0 aromatic carbocycles. The topological polar surface area (TPSA) is 49.8 Å². The summed E-state index contributed by atoms with van der Waals surface area (Å²) in [6, 6.07) is 0.987. The van der Waals surface area contributed by atoms with E-state index in [1.165, 1.54) is 0 Å². The molecule has 0 aliphatic rings. The van der Waals surface area contributed by atoms with E-state index < -0.39 is 5.97 Å². The molecule has 15 heavy (non-hydrogen) atoms. The van der Waals surface area contributed by atoms with Crippen molar-refractivity contribution in [3.05, 3.63) is 0 Å². The summed E-state index contributed by atoms with van der Waals surface area (Å²) in [6.45, 7) is 10.4. The lowest BCUT2D eigenvalue weighted by atomic mass is 10.2. The predicted molar refractivity (Wildman–Crippen MR) is 60.0 cm³/mol. The van der Waals surface area contributed by atoms with E-state index in [-0.39, 0.29) is 6.42 Å². The summed E-state index contributed by atoms with van der Waals surface area (Å²) in [6.07, 6.45) is 0.0867. The van der Waals surface area contributed by atoms with Gasteiger partial charge in [-0.2, -0.15) is 0 Å². The van der Waals surface area contributed by atoms with Gasteiger partial charge in [0.25, 0.3) is 0 Å². The molecular weight excluding hydrogens is 194 g/mol. The number of nitrogens with zero attached hydrogens (tertiary/aromatic N) is 1. The second-order valence-electron chi connectivity index (χ2n) is 4.18. The SMILES string of the molecule is CC(C)N(CCOCCC(=O)O)C(C)C. The molecule has 0 heterocycles. The van der Waals surface area contributed by atoms with E-state index in [4.69, 9.17) is 9.84 Å². The Morgan fingerprint density at radius 3 is 2.13 bits per heavy atom. The van der Waals surface area contributed by atoms with E-state index in [0.717, 1.165) is 6.54 Å². The molecule has 0 saturated heterocycles. The summed E-state index contributed by atoms with van der Waals surface area (Å²) in [5.74, 6) is -0.806. The van der Waals surface area contributed by atoms with Crippen LogP contribution >= 0.6 is 0 Å². The molecule has 0 rings (SSSR count). The van der Waals surface area contributed by atoms with Crippen molar-refractivity contribution in [2.45, 2.75) is 46.2 Å². The van der Waals surface area contributed by atoms with Crippen molar-refractivity contribution in [2.75, 3.05) is 19.8 Å². The van der Waals surface area contributed by atoms with Gasteiger partial charge in [-0.05, 0) is 27.7 Å². The first-order valence-electron chi connectivity index (χ1n) is 5.50. The third kappa shape index (κ3) is 7.33. The Bertz CT molecular complexity index is 173. The van der Waals surface area contributed by atoms with Gasteiger partial charge in [0.1, 0.15) is 0 Å². The Balaban J connectivity index is 3.59. The van der Waals surface area contributed by atoms with E-state index >= 15 is 0 Å². The van der Waals surface area contributed by atoms with Crippen molar-refractivity contribution in [2.24, 2.45) is 0 Å². The molecule has 0 unspecified atom stereocenters. The van der Waals surface area contributed by atoms with Crippen molar-refractivity contribution >= 4 is 5.97 Å². The van der Waals surface area contributed by atoms with E-state index in [9.17, 15) is 4.79 Å². The molecule has 0 spiro atoms. The number of aliphatic carboxylic acids is 1. The Kier molecular flexibility index (Phi) is 7.34. The summed E-state index contributed by atoms with van der Waals surface area (Å²) in [5.41, 5.74) is 0. The Labute approximate surface area is 92.2 Å². The number of ether oxygens (including phenoxy) is 1. The van der Waals surface area contributed by atoms with Crippen LogP contribution in [-0.2, 0) is 9.53 Å². The van der Waals surface area contributed by atoms with Crippen LogP contribution in [-0.4, -0.2) is 47.8 Å². The first-order chi connectivity index (χ1) is 6.95. The summed E-state index contributed by atoms with van der Waals surface area (Å²) in [7, 11) is 0. The maximum absolute atomic E-state index is 10.2. The zero-order valence-corrected chi connectivity index (χ0v) is 10.2. The van der Waals surface area contributed by atoms with Crippen LogP contribution in [0.2, 0.25) is 0 Å². The second-order valence-corrected chi connectivity index (χ2v) is 4.18. The zero-order valence-electron chi connectivity index (χ0n) is 10.2. The van der Waals surface area contributed by atoms with Gasteiger partial charge in [-0.25, -0.2) is 0 Å². The summed E-state index contributed by atoms with van der Waals surface area (Å²) >= 11 is 0. The average molecular weight is 217 g/mol. The highest BCUT2D eigenvalue weighted by molar-refractivity contribution is 5.66. The lowest BCUT2D eigenvalue weighted by Gasteiger charge is -2.30. The van der Waals surface area contributed by atoms with Gasteiger partial charge >= 0.3 is 5.97 Å². The number of hydrogen-bond donors (Lipinski definition) is 1. The third-order valence-corrected chi connectivity index (χ3v) is 2.28. The molecule has 1 N–H and O–H groups in total. The molecule has 0 radical (unpaired) electrons. The van der Waals surface area contributed by atoms with E-state index in [0.29, 0.717) is 25.3 Å². The van der Waals surface area contributed by atoms with Gasteiger partial charge in [0.15, 0.2) is 0 Å². The fourth-order valence-electron chi connectivity index (χ4n) is 1.54. The minimum atomic E-state index is -0.806. The first-order valence-corrected chi connectivity index (χ1v) is 5.50. The number of carboxylic acid groups (broad SMARTS) is 1. The van der Waals surface area contributed by atoms with Crippen molar-refractivity contribution < 1.29 is 14.6 Å². The first kappa shape index (κ1) is 14.4. The minimum absolute atomic E-state index is 0.0867. The highest BCUT2D eigenvalue weighted by atomic mass is 16.5. The van der Waals surface area contributed by atoms with Crippen LogP contribution in [0.3, 0.4) is 0 Å². The molecule has 0 atom stereocenters. The number of carbonyl (C=O) groups is 1. The van der Waals surface area contributed by atoms with Crippen LogP contribution in [0, 0.1) is 0 Å². The minimum Gasteiger partial charge on any atom is -0.481 e. The second kappa shape index (κ2) is 7.65. The van der Waals surface area contributed by atoms with Crippen LogP contribution in [0.25, 0.3) is 0 Å². The molecule has 0 amide bonds. The molecule has 0 aromatic heterocycles. The van der Waals surface area contributed by atoms with Crippen LogP contribution in [0.1, 0.15) is 34.1 Å². The molecule has 4 nitrogen and oxygen atoms in total. The quantitative estimate of drug-likeness (QED) is 0.627. The van der Waals surface area contributed by atoms with Gasteiger partial charge in [-0.3, -0.25) is 9.69 Å².